The molecule has 2 aromatic rings. The molecule has 0 aromatic heterocycles. The van der Waals surface area contributed by atoms with Crippen LogP contribution in [0.15, 0.2) is 48.5 Å². The summed E-state index contributed by atoms with van der Waals surface area (Å²) in [7, 11) is 1.59. The molecule has 0 atom stereocenters. The standard InChI is InChI=1S/C16H15FO3/c1-19-10-12-5-4-7-13(9-12)16(18)20-11-14-6-2-3-8-15(14)17/h2-9H,10-11H2,1H3. The summed E-state index contributed by atoms with van der Waals surface area (Å²) in [6.45, 7) is 0.342. The van der Waals surface area contributed by atoms with Crippen LogP contribution in [0.25, 0.3) is 0 Å². The Bertz CT molecular complexity index is 596. The van der Waals surface area contributed by atoms with Gasteiger partial charge in [-0.1, -0.05) is 30.3 Å². The van der Waals surface area contributed by atoms with Crippen LogP contribution < -0.4 is 0 Å². The van der Waals surface area contributed by atoms with Crippen molar-refractivity contribution in [3.8, 4) is 0 Å². The Hall–Kier alpha value is -2.20. The van der Waals surface area contributed by atoms with Crippen LogP contribution >= 0.6 is 0 Å². The first-order chi connectivity index (χ1) is 9.70. The Morgan fingerprint density at radius 3 is 2.65 bits per heavy atom. The second kappa shape index (κ2) is 6.82. The van der Waals surface area contributed by atoms with Gasteiger partial charge in [0.25, 0.3) is 0 Å². The second-order valence-corrected chi connectivity index (χ2v) is 4.30. The van der Waals surface area contributed by atoms with Crippen molar-refractivity contribution in [1.82, 2.24) is 0 Å². The van der Waals surface area contributed by atoms with E-state index in [9.17, 15) is 9.18 Å². The molecule has 0 aliphatic rings. The monoisotopic (exact) mass is 274 g/mol. The summed E-state index contributed by atoms with van der Waals surface area (Å²) in [5, 5.41) is 0. The molecule has 0 radical (unpaired) electrons. The highest BCUT2D eigenvalue weighted by atomic mass is 19.1. The Morgan fingerprint density at radius 1 is 1.10 bits per heavy atom. The minimum Gasteiger partial charge on any atom is -0.457 e. The molecule has 0 aliphatic heterocycles. The predicted molar refractivity (Wildman–Crippen MR) is 72.7 cm³/mol. The molecule has 0 bridgehead atoms. The zero-order chi connectivity index (χ0) is 14.4. The first kappa shape index (κ1) is 14.2. The average Bonchev–Trinajstić information content (AvgIpc) is 2.47. The summed E-state index contributed by atoms with van der Waals surface area (Å²) in [5.74, 6) is -0.861. The normalized spacial score (nSPS) is 10.3. The molecule has 4 heteroatoms. The van der Waals surface area contributed by atoms with E-state index in [1.165, 1.54) is 6.07 Å². The van der Waals surface area contributed by atoms with Crippen molar-refractivity contribution < 1.29 is 18.7 Å². The molecule has 104 valence electrons. The van der Waals surface area contributed by atoms with E-state index in [-0.39, 0.29) is 12.4 Å². The molecule has 0 N–H and O–H groups in total. The third kappa shape index (κ3) is 3.65. The minimum atomic E-state index is -0.480. The Morgan fingerprint density at radius 2 is 1.90 bits per heavy atom. The lowest BCUT2D eigenvalue weighted by molar-refractivity contribution is 0.0468. The lowest BCUT2D eigenvalue weighted by atomic mass is 10.1. The van der Waals surface area contributed by atoms with E-state index in [4.69, 9.17) is 9.47 Å². The third-order valence-corrected chi connectivity index (χ3v) is 2.79. The number of carbonyl (C=O) groups is 1. The van der Waals surface area contributed by atoms with Crippen molar-refractivity contribution in [3.05, 3.63) is 71.0 Å². The summed E-state index contributed by atoms with van der Waals surface area (Å²) in [5.41, 5.74) is 1.66. The Balaban J connectivity index is 2.01. The summed E-state index contributed by atoms with van der Waals surface area (Å²) in [4.78, 5) is 11.9. The molecule has 3 nitrogen and oxygen atoms in total. The fraction of sp³-hybridized carbons (Fsp3) is 0.188. The van der Waals surface area contributed by atoms with Crippen LogP contribution in [0.2, 0.25) is 0 Å². The van der Waals surface area contributed by atoms with Crippen LogP contribution in [-0.2, 0) is 22.7 Å². The van der Waals surface area contributed by atoms with Crippen molar-refractivity contribution in [2.75, 3.05) is 7.11 Å². The fourth-order valence-electron chi connectivity index (χ4n) is 1.80. The summed E-state index contributed by atoms with van der Waals surface area (Å²) in [6, 6.07) is 13.2. The molecular weight excluding hydrogens is 259 g/mol. The topological polar surface area (TPSA) is 35.5 Å². The van der Waals surface area contributed by atoms with Crippen LogP contribution in [0.1, 0.15) is 21.5 Å². The highest BCUT2D eigenvalue weighted by Crippen LogP contribution is 2.11. The van der Waals surface area contributed by atoms with Gasteiger partial charge in [-0.25, -0.2) is 9.18 Å². The van der Waals surface area contributed by atoms with E-state index in [1.807, 2.05) is 6.07 Å². The number of hydrogen-bond donors (Lipinski definition) is 0. The number of carbonyl (C=O) groups excluding carboxylic acids is 1. The quantitative estimate of drug-likeness (QED) is 0.784. The predicted octanol–water partition coefficient (Wildman–Crippen LogP) is 3.33. The molecule has 20 heavy (non-hydrogen) atoms. The lowest BCUT2D eigenvalue weighted by Crippen LogP contribution is -2.06. The van der Waals surface area contributed by atoms with Crippen LogP contribution in [0, 0.1) is 5.82 Å². The first-order valence-corrected chi connectivity index (χ1v) is 6.19. The van der Waals surface area contributed by atoms with Gasteiger partial charge in [-0.2, -0.15) is 0 Å². The van der Waals surface area contributed by atoms with E-state index in [1.54, 1.807) is 43.5 Å². The molecule has 0 amide bonds. The number of benzene rings is 2. The average molecular weight is 274 g/mol. The van der Waals surface area contributed by atoms with Gasteiger partial charge >= 0.3 is 5.97 Å². The van der Waals surface area contributed by atoms with Gasteiger partial charge in [0.1, 0.15) is 12.4 Å². The van der Waals surface area contributed by atoms with Crippen molar-refractivity contribution in [2.45, 2.75) is 13.2 Å². The maximum absolute atomic E-state index is 13.4. The number of esters is 1. The van der Waals surface area contributed by atoms with E-state index in [0.29, 0.717) is 17.7 Å². The second-order valence-electron chi connectivity index (χ2n) is 4.30. The zero-order valence-electron chi connectivity index (χ0n) is 11.1. The SMILES string of the molecule is COCc1cccc(C(=O)OCc2ccccc2F)c1. The molecule has 2 aromatic carbocycles. The van der Waals surface area contributed by atoms with Crippen LogP contribution in [0.3, 0.4) is 0 Å². The summed E-state index contributed by atoms with van der Waals surface area (Å²) in [6.07, 6.45) is 0. The van der Waals surface area contributed by atoms with Crippen LogP contribution in [0.5, 0.6) is 0 Å². The molecular formula is C16H15FO3. The highest BCUT2D eigenvalue weighted by Gasteiger charge is 2.09. The smallest absolute Gasteiger partial charge is 0.338 e. The molecule has 0 fully saturated rings. The minimum absolute atomic E-state index is 0.0833. The van der Waals surface area contributed by atoms with Crippen molar-refractivity contribution in [1.29, 1.82) is 0 Å². The molecule has 0 heterocycles. The molecule has 2 rings (SSSR count). The summed E-state index contributed by atoms with van der Waals surface area (Å²) < 4.78 is 23.5. The maximum Gasteiger partial charge on any atom is 0.338 e. The van der Waals surface area contributed by atoms with Gasteiger partial charge in [-0.3, -0.25) is 0 Å². The lowest BCUT2D eigenvalue weighted by Gasteiger charge is -2.07. The Kier molecular flexibility index (Phi) is 4.85. The van der Waals surface area contributed by atoms with Gasteiger partial charge in [0, 0.05) is 12.7 Å². The molecule has 0 saturated heterocycles. The maximum atomic E-state index is 13.4. The van der Waals surface area contributed by atoms with Gasteiger partial charge in [0.2, 0.25) is 0 Å². The van der Waals surface area contributed by atoms with Crippen molar-refractivity contribution in [2.24, 2.45) is 0 Å². The van der Waals surface area contributed by atoms with E-state index in [0.717, 1.165) is 5.56 Å². The van der Waals surface area contributed by atoms with E-state index in [2.05, 4.69) is 0 Å². The van der Waals surface area contributed by atoms with Crippen LogP contribution in [-0.4, -0.2) is 13.1 Å². The Labute approximate surface area is 117 Å². The number of rotatable bonds is 5. The first-order valence-electron chi connectivity index (χ1n) is 6.19. The number of ether oxygens (including phenoxy) is 2. The number of hydrogen-bond acceptors (Lipinski definition) is 3. The fourth-order valence-corrected chi connectivity index (χ4v) is 1.80. The molecule has 0 spiro atoms. The van der Waals surface area contributed by atoms with Gasteiger partial charge in [-0.15, -0.1) is 0 Å². The van der Waals surface area contributed by atoms with Gasteiger partial charge in [0.15, 0.2) is 0 Å². The molecule has 0 saturated carbocycles. The largest absolute Gasteiger partial charge is 0.457 e. The van der Waals surface area contributed by atoms with E-state index < -0.39 is 5.97 Å². The van der Waals surface area contributed by atoms with Crippen LogP contribution in [0.4, 0.5) is 4.39 Å². The third-order valence-electron chi connectivity index (χ3n) is 2.79. The number of halogens is 1. The van der Waals surface area contributed by atoms with Gasteiger partial charge in [-0.05, 0) is 23.8 Å². The van der Waals surface area contributed by atoms with Crippen molar-refractivity contribution >= 4 is 5.97 Å². The zero-order valence-corrected chi connectivity index (χ0v) is 11.1. The van der Waals surface area contributed by atoms with Crippen molar-refractivity contribution in [3.63, 3.8) is 0 Å². The number of methoxy groups -OCH3 is 1. The van der Waals surface area contributed by atoms with Gasteiger partial charge in [0.05, 0.1) is 12.2 Å². The molecule has 0 unspecified atom stereocenters. The summed E-state index contributed by atoms with van der Waals surface area (Å²) >= 11 is 0. The van der Waals surface area contributed by atoms with E-state index >= 15 is 0 Å². The highest BCUT2D eigenvalue weighted by molar-refractivity contribution is 5.89. The van der Waals surface area contributed by atoms with Gasteiger partial charge < -0.3 is 9.47 Å². The molecule has 0 aliphatic carbocycles.